The number of anilines is 1. The van der Waals surface area contributed by atoms with Crippen LogP contribution in [0.5, 0.6) is 5.75 Å². The van der Waals surface area contributed by atoms with Crippen LogP contribution in [-0.2, 0) is 16.2 Å². The Morgan fingerprint density at radius 3 is 2.28 bits per heavy atom. The van der Waals surface area contributed by atoms with E-state index in [0.717, 1.165) is 23.6 Å². The molecule has 0 aromatic heterocycles. The Labute approximate surface area is 172 Å². The molecule has 1 aliphatic heterocycles. The Morgan fingerprint density at radius 2 is 1.72 bits per heavy atom. The summed E-state index contributed by atoms with van der Waals surface area (Å²) >= 11 is 5.87. The summed E-state index contributed by atoms with van der Waals surface area (Å²) in [5, 5.41) is -0.249. The number of hydrogen-bond acceptors (Lipinski definition) is 4. The first-order valence-corrected chi connectivity index (χ1v) is 10.7. The van der Waals surface area contributed by atoms with Crippen LogP contribution < -0.4 is 14.4 Å². The van der Waals surface area contributed by atoms with Gasteiger partial charge in [0.1, 0.15) is 10.6 Å². The highest BCUT2D eigenvalue weighted by Crippen LogP contribution is 2.33. The molecule has 2 aromatic carbocycles. The zero-order valence-corrected chi connectivity index (χ0v) is 17.1. The van der Waals surface area contributed by atoms with Crippen LogP contribution in [-0.4, -0.2) is 34.7 Å². The number of rotatable bonds is 5. The topological polar surface area (TPSA) is 58.6 Å². The van der Waals surface area contributed by atoms with Gasteiger partial charge in [0.15, 0.2) is 0 Å². The zero-order valence-electron chi connectivity index (χ0n) is 15.5. The lowest BCUT2D eigenvalue weighted by atomic mass is 10.1. The number of ether oxygens (including phenoxy) is 1. The molecule has 29 heavy (non-hydrogen) atoms. The predicted octanol–water partition coefficient (Wildman–Crippen LogP) is 4.31. The van der Waals surface area contributed by atoms with E-state index < -0.39 is 26.7 Å². The van der Waals surface area contributed by atoms with Crippen molar-refractivity contribution < 1.29 is 26.3 Å². The third kappa shape index (κ3) is 5.15. The van der Waals surface area contributed by atoms with Gasteiger partial charge in [-0.05, 0) is 55.3 Å². The highest BCUT2D eigenvalue weighted by Gasteiger charge is 2.33. The number of halogens is 4. The smallest absolute Gasteiger partial charge is 0.416 e. The molecule has 158 valence electrons. The van der Waals surface area contributed by atoms with Crippen molar-refractivity contribution >= 4 is 27.3 Å². The average molecular weight is 449 g/mol. The molecule has 0 radical (unpaired) electrons. The number of alkyl halides is 3. The van der Waals surface area contributed by atoms with E-state index in [1.807, 2.05) is 24.3 Å². The van der Waals surface area contributed by atoms with E-state index in [0.29, 0.717) is 32.0 Å². The lowest BCUT2D eigenvalue weighted by molar-refractivity contribution is -0.137. The number of methoxy groups -OCH3 is 1. The van der Waals surface area contributed by atoms with E-state index in [4.69, 9.17) is 16.3 Å². The minimum absolute atomic E-state index is 0.249. The quantitative estimate of drug-likeness (QED) is 0.740. The van der Waals surface area contributed by atoms with Crippen LogP contribution in [0.3, 0.4) is 0 Å². The van der Waals surface area contributed by atoms with E-state index >= 15 is 0 Å². The molecule has 0 bridgehead atoms. The number of nitrogens with one attached hydrogen (secondary N) is 1. The second-order valence-electron chi connectivity index (χ2n) is 6.72. The van der Waals surface area contributed by atoms with Crippen LogP contribution in [0.4, 0.5) is 18.9 Å². The van der Waals surface area contributed by atoms with Crippen LogP contribution in [0, 0.1) is 0 Å². The van der Waals surface area contributed by atoms with E-state index in [-0.39, 0.29) is 11.1 Å². The van der Waals surface area contributed by atoms with Crippen LogP contribution in [0.25, 0.3) is 0 Å². The lowest BCUT2D eigenvalue weighted by Crippen LogP contribution is -2.44. The molecule has 0 aliphatic carbocycles. The third-order valence-electron chi connectivity index (χ3n) is 4.80. The van der Waals surface area contributed by atoms with E-state index in [1.54, 1.807) is 7.11 Å². The van der Waals surface area contributed by atoms with Gasteiger partial charge in [0.25, 0.3) is 0 Å². The maximum atomic E-state index is 12.9. The molecule has 1 N–H and O–H groups in total. The Bertz CT molecular complexity index is 958. The second-order valence-corrected chi connectivity index (χ2v) is 8.81. The molecule has 3 rings (SSSR count). The molecule has 0 amide bonds. The fraction of sp³-hybridized carbons (Fsp3) is 0.368. The van der Waals surface area contributed by atoms with Crippen LogP contribution in [0.15, 0.2) is 47.4 Å². The number of hydrogen-bond donors (Lipinski definition) is 1. The number of nitrogens with zero attached hydrogens (tertiary/aromatic N) is 1. The fourth-order valence-corrected chi connectivity index (χ4v) is 5.05. The summed E-state index contributed by atoms with van der Waals surface area (Å²) in [6, 6.07) is 9.42. The fourth-order valence-electron chi connectivity index (χ4n) is 3.22. The summed E-state index contributed by atoms with van der Waals surface area (Å²) in [7, 11) is -2.59. The number of benzene rings is 2. The minimum Gasteiger partial charge on any atom is -0.497 e. The van der Waals surface area contributed by atoms with Gasteiger partial charge in [-0.25, -0.2) is 13.1 Å². The van der Waals surface area contributed by atoms with Crippen LogP contribution in [0.1, 0.15) is 18.4 Å². The summed E-state index contributed by atoms with van der Waals surface area (Å²) in [6.45, 7) is 1.21. The van der Waals surface area contributed by atoms with Gasteiger partial charge >= 0.3 is 6.18 Å². The van der Waals surface area contributed by atoms with E-state index in [2.05, 4.69) is 9.62 Å². The summed E-state index contributed by atoms with van der Waals surface area (Å²) in [5.74, 6) is 0.745. The van der Waals surface area contributed by atoms with Crippen molar-refractivity contribution in [2.24, 2.45) is 0 Å². The number of piperidine rings is 1. The highest BCUT2D eigenvalue weighted by molar-refractivity contribution is 7.89. The summed E-state index contributed by atoms with van der Waals surface area (Å²) in [6.07, 6.45) is -3.62. The maximum Gasteiger partial charge on any atom is 0.416 e. The molecule has 0 spiro atoms. The SMILES string of the molecule is COc1ccc(N2CCC(NS(=O)(=O)c3cc(C(F)(F)F)ccc3Cl)CC2)cc1. The molecular formula is C19H20ClF3N2O3S. The molecule has 0 unspecified atom stereocenters. The average Bonchev–Trinajstić information content (AvgIpc) is 2.67. The molecular weight excluding hydrogens is 429 g/mol. The Kier molecular flexibility index (Phi) is 6.30. The Balaban J connectivity index is 1.68. The molecule has 1 fully saturated rings. The minimum atomic E-state index is -4.65. The molecule has 2 aromatic rings. The van der Waals surface area contributed by atoms with Gasteiger partial charge in [-0.15, -0.1) is 0 Å². The Hall–Kier alpha value is -1.97. The lowest BCUT2D eigenvalue weighted by Gasteiger charge is -2.34. The Morgan fingerprint density at radius 1 is 1.10 bits per heavy atom. The standard InChI is InChI=1S/C19H20ClF3N2O3S/c1-28-16-5-3-15(4-6-16)25-10-8-14(9-11-25)24-29(26,27)18-12-13(19(21,22)23)2-7-17(18)20/h2-7,12,14,24H,8-11H2,1H3. The summed E-state index contributed by atoms with van der Waals surface area (Å²) < 4.78 is 71.7. The van der Waals surface area contributed by atoms with Gasteiger partial charge in [0.05, 0.1) is 17.7 Å². The summed E-state index contributed by atoms with van der Waals surface area (Å²) in [5.41, 5.74) is -0.0652. The van der Waals surface area contributed by atoms with Crippen molar-refractivity contribution in [3.63, 3.8) is 0 Å². The second kappa shape index (κ2) is 8.41. The first-order chi connectivity index (χ1) is 13.6. The molecule has 1 heterocycles. The van der Waals surface area contributed by atoms with E-state index in [9.17, 15) is 21.6 Å². The largest absolute Gasteiger partial charge is 0.497 e. The molecule has 1 aliphatic rings. The van der Waals surface area contributed by atoms with E-state index in [1.165, 1.54) is 0 Å². The molecule has 0 atom stereocenters. The van der Waals surface area contributed by atoms with Gasteiger partial charge in [-0.3, -0.25) is 0 Å². The molecule has 10 heteroatoms. The van der Waals surface area contributed by atoms with Crippen molar-refractivity contribution in [1.82, 2.24) is 4.72 Å². The monoisotopic (exact) mass is 448 g/mol. The molecule has 0 saturated carbocycles. The zero-order chi connectivity index (χ0) is 21.2. The molecule has 5 nitrogen and oxygen atoms in total. The van der Waals surface area contributed by atoms with Crippen LogP contribution in [0.2, 0.25) is 5.02 Å². The van der Waals surface area contributed by atoms with Crippen molar-refractivity contribution in [2.75, 3.05) is 25.1 Å². The first kappa shape index (κ1) is 21.7. The first-order valence-electron chi connectivity index (χ1n) is 8.88. The van der Waals surface area contributed by atoms with Crippen molar-refractivity contribution in [3.05, 3.63) is 53.1 Å². The van der Waals surface area contributed by atoms with Crippen molar-refractivity contribution in [1.29, 1.82) is 0 Å². The predicted molar refractivity (Wildman–Crippen MR) is 105 cm³/mol. The summed E-state index contributed by atoms with van der Waals surface area (Å²) in [4.78, 5) is 1.55. The van der Waals surface area contributed by atoms with Crippen molar-refractivity contribution in [2.45, 2.75) is 30.0 Å². The van der Waals surface area contributed by atoms with Gasteiger partial charge in [-0.2, -0.15) is 13.2 Å². The normalized spacial score (nSPS) is 16.1. The maximum absolute atomic E-state index is 12.9. The molecule has 1 saturated heterocycles. The number of sulfonamides is 1. The van der Waals surface area contributed by atoms with Crippen molar-refractivity contribution in [3.8, 4) is 5.75 Å². The van der Waals surface area contributed by atoms with Gasteiger partial charge in [-0.1, -0.05) is 11.6 Å². The van der Waals surface area contributed by atoms with Gasteiger partial charge < -0.3 is 9.64 Å². The van der Waals surface area contributed by atoms with Crippen LogP contribution >= 0.6 is 11.6 Å². The highest BCUT2D eigenvalue weighted by atomic mass is 35.5. The third-order valence-corrected chi connectivity index (χ3v) is 6.80. The van der Waals surface area contributed by atoms with Gasteiger partial charge in [0, 0.05) is 24.8 Å². The van der Waals surface area contributed by atoms with Gasteiger partial charge in [0.2, 0.25) is 10.0 Å².